The quantitative estimate of drug-likeness (QED) is 0.825. The van der Waals surface area contributed by atoms with Crippen molar-refractivity contribution in [3.63, 3.8) is 0 Å². The lowest BCUT2D eigenvalue weighted by molar-refractivity contribution is 0.171. The highest BCUT2D eigenvalue weighted by atomic mass is 32.2. The number of sulfonamides is 1. The van der Waals surface area contributed by atoms with Crippen molar-refractivity contribution in [3.05, 3.63) is 59.7 Å². The average molecular weight is 388 g/mol. The number of hydrogen-bond acceptors (Lipinski definition) is 4. The maximum absolute atomic E-state index is 12.6. The smallest absolute Gasteiger partial charge is 0.215 e. The molecule has 0 saturated heterocycles. The SMILES string of the molecule is O=S(=O)(Cc1ccccc1)NCC1(c2ccc3c(c2)OCCO3)CCCC1. The van der Waals surface area contributed by atoms with Crippen LogP contribution in [0, 0.1) is 0 Å². The van der Waals surface area contributed by atoms with Crippen molar-refractivity contribution in [3.8, 4) is 11.5 Å². The van der Waals surface area contributed by atoms with Crippen molar-refractivity contribution < 1.29 is 17.9 Å². The zero-order valence-corrected chi connectivity index (χ0v) is 16.1. The molecule has 144 valence electrons. The molecule has 0 amide bonds. The second-order valence-corrected chi connectivity index (χ2v) is 9.22. The normalized spacial score (nSPS) is 18.4. The number of rotatable bonds is 6. The van der Waals surface area contributed by atoms with E-state index in [0.717, 1.165) is 48.3 Å². The molecule has 4 rings (SSSR count). The zero-order valence-electron chi connectivity index (χ0n) is 15.3. The van der Waals surface area contributed by atoms with Crippen molar-refractivity contribution in [2.24, 2.45) is 0 Å². The van der Waals surface area contributed by atoms with Crippen LogP contribution in [0.5, 0.6) is 11.5 Å². The van der Waals surface area contributed by atoms with E-state index in [1.165, 1.54) is 0 Å². The van der Waals surface area contributed by atoms with Crippen LogP contribution in [-0.2, 0) is 21.2 Å². The van der Waals surface area contributed by atoms with Crippen LogP contribution >= 0.6 is 0 Å². The fourth-order valence-electron chi connectivity index (χ4n) is 4.09. The molecule has 1 aliphatic carbocycles. The number of nitrogens with one attached hydrogen (secondary N) is 1. The van der Waals surface area contributed by atoms with Crippen molar-refractivity contribution in [1.82, 2.24) is 4.72 Å². The molecule has 0 unspecified atom stereocenters. The van der Waals surface area contributed by atoms with Crippen molar-refractivity contribution >= 4 is 10.0 Å². The number of hydrogen-bond donors (Lipinski definition) is 1. The van der Waals surface area contributed by atoms with Gasteiger partial charge in [-0.05, 0) is 36.1 Å². The minimum atomic E-state index is -3.39. The molecular formula is C21H25NO4S. The summed E-state index contributed by atoms with van der Waals surface area (Å²) in [5.41, 5.74) is 1.75. The molecule has 5 nitrogen and oxygen atoms in total. The largest absolute Gasteiger partial charge is 0.486 e. The van der Waals surface area contributed by atoms with Gasteiger partial charge in [0, 0.05) is 12.0 Å². The molecule has 0 bridgehead atoms. The second kappa shape index (κ2) is 7.52. The Hall–Kier alpha value is -2.05. The van der Waals surface area contributed by atoms with Crippen LogP contribution in [0.2, 0.25) is 0 Å². The molecular weight excluding hydrogens is 362 g/mol. The van der Waals surface area contributed by atoms with E-state index >= 15 is 0 Å². The minimum Gasteiger partial charge on any atom is -0.486 e. The van der Waals surface area contributed by atoms with Gasteiger partial charge < -0.3 is 9.47 Å². The highest BCUT2D eigenvalue weighted by molar-refractivity contribution is 7.88. The summed E-state index contributed by atoms with van der Waals surface area (Å²) in [5.74, 6) is 1.53. The molecule has 2 aromatic carbocycles. The van der Waals surface area contributed by atoms with Crippen molar-refractivity contribution in [1.29, 1.82) is 0 Å². The Balaban J connectivity index is 1.52. The van der Waals surface area contributed by atoms with Crippen LogP contribution in [0.25, 0.3) is 0 Å². The third-order valence-corrected chi connectivity index (χ3v) is 6.84. The van der Waals surface area contributed by atoms with Gasteiger partial charge in [-0.1, -0.05) is 49.2 Å². The summed E-state index contributed by atoms with van der Waals surface area (Å²) in [5, 5.41) is 0. The Kier molecular flexibility index (Phi) is 5.10. The Labute approximate surface area is 160 Å². The summed E-state index contributed by atoms with van der Waals surface area (Å²) in [6, 6.07) is 15.3. The number of benzene rings is 2. The number of fused-ring (bicyclic) bond motifs is 1. The Bertz CT molecular complexity index is 890. The van der Waals surface area contributed by atoms with Crippen molar-refractivity contribution in [2.75, 3.05) is 19.8 Å². The third kappa shape index (κ3) is 4.12. The van der Waals surface area contributed by atoms with Crippen LogP contribution in [-0.4, -0.2) is 28.2 Å². The predicted molar refractivity (Wildman–Crippen MR) is 105 cm³/mol. The maximum atomic E-state index is 12.6. The van der Waals surface area contributed by atoms with Gasteiger partial charge in [-0.3, -0.25) is 0 Å². The highest BCUT2D eigenvalue weighted by Gasteiger charge is 2.37. The van der Waals surface area contributed by atoms with Crippen LogP contribution in [0.4, 0.5) is 0 Å². The van der Waals surface area contributed by atoms with E-state index in [1.54, 1.807) is 0 Å². The fourth-order valence-corrected chi connectivity index (χ4v) is 5.31. The van der Waals surface area contributed by atoms with E-state index in [2.05, 4.69) is 10.8 Å². The van der Waals surface area contributed by atoms with Crippen molar-refractivity contribution in [2.45, 2.75) is 36.9 Å². The summed E-state index contributed by atoms with van der Waals surface area (Å²) in [6.45, 7) is 1.53. The molecule has 0 atom stereocenters. The molecule has 1 fully saturated rings. The molecule has 2 aromatic rings. The zero-order chi connectivity index (χ0) is 18.7. The first-order valence-corrected chi connectivity index (χ1v) is 11.1. The van der Waals surface area contributed by atoms with Gasteiger partial charge in [-0.25, -0.2) is 13.1 Å². The second-order valence-electron chi connectivity index (χ2n) is 7.41. The van der Waals surface area contributed by atoms with E-state index in [0.29, 0.717) is 19.8 Å². The topological polar surface area (TPSA) is 64.6 Å². The monoisotopic (exact) mass is 387 g/mol. The van der Waals surface area contributed by atoms with Gasteiger partial charge in [0.2, 0.25) is 10.0 Å². The average Bonchev–Trinajstić information content (AvgIpc) is 3.17. The van der Waals surface area contributed by atoms with Gasteiger partial charge in [0.25, 0.3) is 0 Å². The summed E-state index contributed by atoms with van der Waals surface area (Å²) < 4.78 is 39.4. The summed E-state index contributed by atoms with van der Waals surface area (Å²) in [7, 11) is -3.39. The van der Waals surface area contributed by atoms with Crippen LogP contribution < -0.4 is 14.2 Å². The molecule has 1 N–H and O–H groups in total. The van der Waals surface area contributed by atoms with Gasteiger partial charge in [-0.15, -0.1) is 0 Å². The summed E-state index contributed by atoms with van der Waals surface area (Å²) in [4.78, 5) is 0. The molecule has 6 heteroatoms. The molecule has 0 aromatic heterocycles. The summed E-state index contributed by atoms with van der Waals surface area (Å²) in [6.07, 6.45) is 4.16. The molecule has 0 radical (unpaired) electrons. The molecule has 2 aliphatic rings. The highest BCUT2D eigenvalue weighted by Crippen LogP contribution is 2.44. The third-order valence-electron chi connectivity index (χ3n) is 5.55. The van der Waals surface area contributed by atoms with Gasteiger partial charge in [-0.2, -0.15) is 0 Å². The van der Waals surface area contributed by atoms with Crippen LogP contribution in [0.3, 0.4) is 0 Å². The minimum absolute atomic E-state index is 0.00502. The fraction of sp³-hybridized carbons (Fsp3) is 0.429. The van der Waals surface area contributed by atoms with Gasteiger partial charge >= 0.3 is 0 Å². The first-order valence-electron chi connectivity index (χ1n) is 9.48. The van der Waals surface area contributed by atoms with E-state index in [4.69, 9.17) is 9.47 Å². The lowest BCUT2D eigenvalue weighted by Gasteiger charge is -2.31. The molecule has 1 saturated carbocycles. The molecule has 1 aliphatic heterocycles. The van der Waals surface area contributed by atoms with Gasteiger partial charge in [0.15, 0.2) is 11.5 Å². The number of ether oxygens (including phenoxy) is 2. The van der Waals surface area contributed by atoms with Gasteiger partial charge in [0.1, 0.15) is 13.2 Å². The standard InChI is InChI=1S/C21H25NO4S/c23-27(24,15-17-6-2-1-3-7-17)22-16-21(10-4-5-11-21)18-8-9-19-20(14-18)26-13-12-25-19/h1-3,6-9,14,22H,4-5,10-13,15-16H2. The van der Waals surface area contributed by atoms with E-state index < -0.39 is 10.0 Å². The predicted octanol–water partition coefficient (Wildman–Crippen LogP) is 3.39. The Morgan fingerprint density at radius 3 is 2.37 bits per heavy atom. The molecule has 27 heavy (non-hydrogen) atoms. The van der Waals surface area contributed by atoms with Crippen LogP contribution in [0.1, 0.15) is 36.8 Å². The summed E-state index contributed by atoms with van der Waals surface area (Å²) >= 11 is 0. The van der Waals surface area contributed by atoms with Gasteiger partial charge in [0.05, 0.1) is 5.75 Å². The first kappa shape index (κ1) is 18.3. The lowest BCUT2D eigenvalue weighted by atomic mass is 9.79. The molecule has 0 spiro atoms. The first-order chi connectivity index (χ1) is 13.1. The molecule has 1 heterocycles. The van der Waals surface area contributed by atoms with E-state index in [9.17, 15) is 8.42 Å². The Morgan fingerprint density at radius 1 is 0.926 bits per heavy atom. The van der Waals surface area contributed by atoms with E-state index in [-0.39, 0.29) is 11.2 Å². The van der Waals surface area contributed by atoms with Crippen LogP contribution in [0.15, 0.2) is 48.5 Å². The lowest BCUT2D eigenvalue weighted by Crippen LogP contribution is -2.39. The van der Waals surface area contributed by atoms with E-state index in [1.807, 2.05) is 42.5 Å². The maximum Gasteiger partial charge on any atom is 0.215 e. The Morgan fingerprint density at radius 2 is 1.63 bits per heavy atom.